The molecule has 0 radical (unpaired) electrons. The van der Waals surface area contributed by atoms with Crippen LogP contribution in [0.15, 0.2) is 24.3 Å². The van der Waals surface area contributed by atoms with Gasteiger partial charge in [-0.15, -0.1) is 11.3 Å². The highest BCUT2D eigenvalue weighted by molar-refractivity contribution is 7.11. The van der Waals surface area contributed by atoms with E-state index in [0.29, 0.717) is 18.7 Å². The first kappa shape index (κ1) is 14.5. The van der Waals surface area contributed by atoms with Crippen molar-refractivity contribution in [3.8, 4) is 0 Å². The Bertz CT molecular complexity index is 570. The van der Waals surface area contributed by atoms with E-state index in [0.717, 1.165) is 22.7 Å². The third kappa shape index (κ3) is 4.06. The van der Waals surface area contributed by atoms with E-state index in [2.05, 4.69) is 17.2 Å². The molecule has 1 aromatic carbocycles. The smallest absolute Gasteiger partial charge is 0.224 e. The molecule has 0 atom stereocenters. The summed E-state index contributed by atoms with van der Waals surface area (Å²) in [5.41, 5.74) is 8.37. The second-order valence-corrected chi connectivity index (χ2v) is 6.06. The Morgan fingerprint density at radius 1 is 1.30 bits per heavy atom. The van der Waals surface area contributed by atoms with Gasteiger partial charge in [-0.25, -0.2) is 4.98 Å². The van der Waals surface area contributed by atoms with Gasteiger partial charge in [-0.2, -0.15) is 0 Å². The summed E-state index contributed by atoms with van der Waals surface area (Å²) in [6, 6.07) is 7.37. The molecular formula is C15H19N3OS. The molecule has 0 aliphatic heterocycles. The Labute approximate surface area is 123 Å². The van der Waals surface area contributed by atoms with Crippen LogP contribution in [0.25, 0.3) is 0 Å². The number of anilines is 1. The third-order valence-corrected chi connectivity index (χ3v) is 4.21. The zero-order chi connectivity index (χ0) is 14.5. The molecular weight excluding hydrogens is 270 g/mol. The molecule has 0 aliphatic carbocycles. The van der Waals surface area contributed by atoms with Gasteiger partial charge >= 0.3 is 0 Å². The minimum absolute atomic E-state index is 0.0276. The van der Waals surface area contributed by atoms with E-state index < -0.39 is 0 Å². The predicted molar refractivity (Wildman–Crippen MR) is 82.9 cm³/mol. The molecule has 0 unspecified atom stereocenters. The van der Waals surface area contributed by atoms with Crippen molar-refractivity contribution in [3.63, 3.8) is 0 Å². The number of benzene rings is 1. The van der Waals surface area contributed by atoms with Gasteiger partial charge in [-0.3, -0.25) is 4.79 Å². The van der Waals surface area contributed by atoms with Gasteiger partial charge in [0.25, 0.3) is 0 Å². The van der Waals surface area contributed by atoms with Crippen molar-refractivity contribution in [2.75, 3.05) is 12.3 Å². The van der Waals surface area contributed by atoms with Crippen LogP contribution in [0.3, 0.4) is 0 Å². The number of aromatic nitrogens is 1. The van der Waals surface area contributed by atoms with Gasteiger partial charge in [0.2, 0.25) is 5.91 Å². The summed E-state index contributed by atoms with van der Waals surface area (Å²) in [7, 11) is 0. The number of nitrogens with zero attached hydrogens (tertiary/aromatic N) is 1. The molecule has 20 heavy (non-hydrogen) atoms. The number of amides is 1. The molecule has 2 aromatic rings. The van der Waals surface area contributed by atoms with E-state index in [1.165, 1.54) is 4.88 Å². The molecule has 0 aliphatic rings. The summed E-state index contributed by atoms with van der Waals surface area (Å²) in [6.45, 7) is 4.70. The van der Waals surface area contributed by atoms with Gasteiger partial charge in [0.1, 0.15) is 0 Å². The minimum atomic E-state index is 0.0276. The van der Waals surface area contributed by atoms with E-state index in [1.807, 2.05) is 31.2 Å². The topological polar surface area (TPSA) is 68.0 Å². The van der Waals surface area contributed by atoms with Crippen molar-refractivity contribution >= 4 is 22.9 Å². The normalized spacial score (nSPS) is 10.5. The Morgan fingerprint density at radius 2 is 2.00 bits per heavy atom. The van der Waals surface area contributed by atoms with Gasteiger partial charge in [-0.1, -0.05) is 12.1 Å². The van der Waals surface area contributed by atoms with Crippen LogP contribution in [0.4, 0.5) is 5.69 Å². The Balaban J connectivity index is 1.76. The SMILES string of the molecule is Cc1nc(CCNC(=O)Cc2ccc(N)cc2)sc1C. The molecule has 0 saturated carbocycles. The molecule has 1 amide bonds. The zero-order valence-corrected chi connectivity index (χ0v) is 12.6. The lowest BCUT2D eigenvalue weighted by Crippen LogP contribution is -2.27. The Morgan fingerprint density at radius 3 is 2.60 bits per heavy atom. The van der Waals surface area contributed by atoms with E-state index in [1.54, 1.807) is 11.3 Å². The highest BCUT2D eigenvalue weighted by Crippen LogP contribution is 2.16. The fourth-order valence-electron chi connectivity index (χ4n) is 1.84. The van der Waals surface area contributed by atoms with Crippen molar-refractivity contribution in [1.29, 1.82) is 0 Å². The molecule has 0 bridgehead atoms. The van der Waals surface area contributed by atoms with Crippen LogP contribution in [0.2, 0.25) is 0 Å². The lowest BCUT2D eigenvalue weighted by Gasteiger charge is -2.04. The maximum Gasteiger partial charge on any atom is 0.224 e. The number of nitrogens with one attached hydrogen (secondary N) is 1. The molecule has 106 valence electrons. The largest absolute Gasteiger partial charge is 0.399 e. The highest BCUT2D eigenvalue weighted by atomic mass is 32.1. The summed E-state index contributed by atoms with van der Waals surface area (Å²) in [5, 5.41) is 4.00. The van der Waals surface area contributed by atoms with Gasteiger partial charge < -0.3 is 11.1 Å². The summed E-state index contributed by atoms with van der Waals surface area (Å²) >= 11 is 1.70. The van der Waals surface area contributed by atoms with Crippen LogP contribution in [0.5, 0.6) is 0 Å². The van der Waals surface area contributed by atoms with Crippen molar-refractivity contribution in [2.45, 2.75) is 26.7 Å². The molecule has 0 fully saturated rings. The van der Waals surface area contributed by atoms with Crippen molar-refractivity contribution in [2.24, 2.45) is 0 Å². The standard InChI is InChI=1S/C15H19N3OS/c1-10-11(2)20-15(18-10)7-8-17-14(19)9-12-3-5-13(16)6-4-12/h3-6H,7-9,16H2,1-2H3,(H,17,19). The number of rotatable bonds is 5. The number of hydrogen-bond acceptors (Lipinski definition) is 4. The van der Waals surface area contributed by atoms with Crippen molar-refractivity contribution in [1.82, 2.24) is 10.3 Å². The first-order valence-corrected chi connectivity index (χ1v) is 7.40. The fourth-order valence-corrected chi connectivity index (χ4v) is 2.77. The summed E-state index contributed by atoms with van der Waals surface area (Å²) in [4.78, 5) is 17.5. The number of thiazole rings is 1. The van der Waals surface area contributed by atoms with Crippen molar-refractivity contribution in [3.05, 3.63) is 45.4 Å². The van der Waals surface area contributed by atoms with Crippen LogP contribution in [-0.2, 0) is 17.6 Å². The highest BCUT2D eigenvalue weighted by Gasteiger charge is 2.06. The Kier molecular flexibility index (Phi) is 4.74. The maximum atomic E-state index is 11.8. The average Bonchev–Trinajstić information content (AvgIpc) is 2.71. The summed E-state index contributed by atoms with van der Waals surface area (Å²) in [6.07, 6.45) is 1.17. The van der Waals surface area contributed by atoms with Gasteiger partial charge in [-0.05, 0) is 31.5 Å². The van der Waals surface area contributed by atoms with E-state index in [4.69, 9.17) is 5.73 Å². The Hall–Kier alpha value is -1.88. The quantitative estimate of drug-likeness (QED) is 0.830. The molecule has 4 nitrogen and oxygen atoms in total. The molecule has 0 saturated heterocycles. The minimum Gasteiger partial charge on any atom is -0.399 e. The van der Waals surface area contributed by atoms with Gasteiger partial charge in [0.15, 0.2) is 0 Å². The first-order chi connectivity index (χ1) is 9.54. The number of carbonyl (C=O) groups is 1. The van der Waals surface area contributed by atoms with Crippen LogP contribution in [0, 0.1) is 13.8 Å². The lowest BCUT2D eigenvalue weighted by atomic mass is 10.1. The van der Waals surface area contributed by atoms with Crippen LogP contribution in [-0.4, -0.2) is 17.4 Å². The molecule has 2 rings (SSSR count). The molecule has 1 heterocycles. The van der Waals surface area contributed by atoms with E-state index in [9.17, 15) is 4.79 Å². The number of aryl methyl sites for hydroxylation is 2. The third-order valence-electron chi connectivity index (χ3n) is 3.08. The monoisotopic (exact) mass is 289 g/mol. The number of carbonyl (C=O) groups excluding carboxylic acids is 1. The van der Waals surface area contributed by atoms with Gasteiger partial charge in [0, 0.05) is 23.5 Å². The van der Waals surface area contributed by atoms with Crippen LogP contribution < -0.4 is 11.1 Å². The lowest BCUT2D eigenvalue weighted by molar-refractivity contribution is -0.120. The van der Waals surface area contributed by atoms with Gasteiger partial charge in [0.05, 0.1) is 17.1 Å². The van der Waals surface area contributed by atoms with Crippen LogP contribution >= 0.6 is 11.3 Å². The summed E-state index contributed by atoms with van der Waals surface area (Å²) in [5.74, 6) is 0.0276. The number of hydrogen-bond donors (Lipinski definition) is 2. The second-order valence-electron chi connectivity index (χ2n) is 4.77. The van der Waals surface area contributed by atoms with E-state index >= 15 is 0 Å². The first-order valence-electron chi connectivity index (χ1n) is 6.58. The molecule has 3 N–H and O–H groups in total. The fraction of sp³-hybridized carbons (Fsp3) is 0.333. The summed E-state index contributed by atoms with van der Waals surface area (Å²) < 4.78 is 0. The molecule has 5 heteroatoms. The van der Waals surface area contributed by atoms with E-state index in [-0.39, 0.29) is 5.91 Å². The maximum absolute atomic E-state index is 11.8. The van der Waals surface area contributed by atoms with Crippen LogP contribution in [0.1, 0.15) is 21.1 Å². The zero-order valence-electron chi connectivity index (χ0n) is 11.8. The average molecular weight is 289 g/mol. The molecule has 0 spiro atoms. The number of nitrogens with two attached hydrogens (primary N) is 1. The predicted octanol–water partition coefficient (Wildman–Crippen LogP) is 2.24. The number of nitrogen functional groups attached to an aromatic ring is 1. The second kappa shape index (κ2) is 6.52. The van der Waals surface area contributed by atoms with Crippen molar-refractivity contribution < 1.29 is 4.79 Å². The molecule has 1 aromatic heterocycles.